The van der Waals surface area contributed by atoms with Gasteiger partial charge in [0.2, 0.25) is 0 Å². The van der Waals surface area contributed by atoms with E-state index in [1.54, 1.807) is 25.3 Å². The van der Waals surface area contributed by atoms with E-state index in [-0.39, 0.29) is 5.91 Å². The van der Waals surface area contributed by atoms with Crippen molar-refractivity contribution in [3.8, 4) is 11.8 Å². The number of carbonyl (C=O) groups excluding carboxylic acids is 1. The fourth-order valence-corrected chi connectivity index (χ4v) is 1.20. The second kappa shape index (κ2) is 6.59. The Morgan fingerprint density at radius 1 is 1.62 bits per heavy atom. The van der Waals surface area contributed by atoms with Gasteiger partial charge >= 0.3 is 0 Å². The highest BCUT2D eigenvalue weighted by Gasteiger charge is 2.04. The lowest BCUT2D eigenvalue weighted by molar-refractivity contribution is 0.0954. The average Bonchev–Trinajstić information content (AvgIpc) is 2.34. The van der Waals surface area contributed by atoms with Gasteiger partial charge < -0.3 is 11.1 Å². The van der Waals surface area contributed by atoms with Gasteiger partial charge in [0.15, 0.2) is 0 Å². The van der Waals surface area contributed by atoms with Crippen LogP contribution in [-0.2, 0) is 6.54 Å². The summed E-state index contributed by atoms with van der Waals surface area (Å²) in [5.74, 6) is 5.54. The number of pyridine rings is 1. The molecule has 0 aliphatic carbocycles. The largest absolute Gasteiger partial charge is 0.351 e. The molecule has 0 aliphatic heterocycles. The number of aromatic nitrogens is 1. The molecule has 0 aromatic carbocycles. The van der Waals surface area contributed by atoms with Crippen molar-refractivity contribution in [2.45, 2.75) is 19.9 Å². The van der Waals surface area contributed by atoms with E-state index in [9.17, 15) is 4.79 Å². The van der Waals surface area contributed by atoms with Gasteiger partial charge in [-0.1, -0.05) is 0 Å². The quantitative estimate of drug-likeness (QED) is 0.575. The van der Waals surface area contributed by atoms with Crippen LogP contribution in [0, 0.1) is 11.8 Å². The summed E-state index contributed by atoms with van der Waals surface area (Å²) in [5.41, 5.74) is 6.74. The van der Waals surface area contributed by atoms with Crippen LogP contribution >= 0.6 is 0 Å². The van der Waals surface area contributed by atoms with Gasteiger partial charge in [0.25, 0.3) is 5.91 Å². The number of nitrogens with one attached hydrogen (secondary N) is 1. The maximum Gasteiger partial charge on any atom is 0.251 e. The standard InChI is InChI=1S/C12H15N3O/c1-2-3-4-6-15-12(16)10-5-7-14-11(8-10)9-13/h5,7-8H,4,6,9,13H2,1H3,(H,15,16). The van der Waals surface area contributed by atoms with Crippen molar-refractivity contribution in [2.24, 2.45) is 5.73 Å². The Morgan fingerprint density at radius 2 is 2.44 bits per heavy atom. The minimum Gasteiger partial charge on any atom is -0.351 e. The summed E-state index contributed by atoms with van der Waals surface area (Å²) in [7, 11) is 0. The van der Waals surface area contributed by atoms with E-state index in [2.05, 4.69) is 22.1 Å². The monoisotopic (exact) mass is 217 g/mol. The van der Waals surface area contributed by atoms with E-state index in [0.717, 1.165) is 0 Å². The second-order valence-electron chi connectivity index (χ2n) is 3.17. The fourth-order valence-electron chi connectivity index (χ4n) is 1.20. The Hall–Kier alpha value is -1.86. The van der Waals surface area contributed by atoms with E-state index in [1.807, 2.05) is 0 Å². The lowest BCUT2D eigenvalue weighted by Gasteiger charge is -2.03. The third-order valence-corrected chi connectivity index (χ3v) is 2.00. The number of hydrogen-bond donors (Lipinski definition) is 2. The van der Waals surface area contributed by atoms with Gasteiger partial charge in [0, 0.05) is 31.3 Å². The van der Waals surface area contributed by atoms with Crippen LogP contribution < -0.4 is 11.1 Å². The maximum absolute atomic E-state index is 11.6. The molecule has 4 heteroatoms. The Labute approximate surface area is 95.3 Å². The van der Waals surface area contributed by atoms with Crippen molar-refractivity contribution < 1.29 is 4.79 Å². The van der Waals surface area contributed by atoms with Crippen molar-refractivity contribution in [2.75, 3.05) is 6.54 Å². The highest BCUT2D eigenvalue weighted by Crippen LogP contribution is 2.00. The van der Waals surface area contributed by atoms with Crippen molar-refractivity contribution in [1.29, 1.82) is 0 Å². The first-order chi connectivity index (χ1) is 7.77. The normalized spacial score (nSPS) is 9.12. The molecule has 1 aromatic rings. The van der Waals surface area contributed by atoms with Crippen LogP contribution in [0.5, 0.6) is 0 Å². The van der Waals surface area contributed by atoms with Crippen molar-refractivity contribution in [3.63, 3.8) is 0 Å². The molecule has 1 aromatic heterocycles. The number of carbonyl (C=O) groups is 1. The molecule has 1 amide bonds. The molecular formula is C12H15N3O. The summed E-state index contributed by atoms with van der Waals surface area (Å²) in [6.07, 6.45) is 2.25. The number of hydrogen-bond acceptors (Lipinski definition) is 3. The molecule has 1 heterocycles. The van der Waals surface area contributed by atoms with E-state index >= 15 is 0 Å². The zero-order valence-corrected chi connectivity index (χ0v) is 9.29. The van der Waals surface area contributed by atoms with E-state index in [0.29, 0.717) is 30.8 Å². The van der Waals surface area contributed by atoms with Gasteiger partial charge in [-0.2, -0.15) is 0 Å². The summed E-state index contributed by atoms with van der Waals surface area (Å²) in [6, 6.07) is 3.36. The van der Waals surface area contributed by atoms with Crippen molar-refractivity contribution >= 4 is 5.91 Å². The average molecular weight is 217 g/mol. The summed E-state index contributed by atoms with van der Waals surface area (Å²) in [4.78, 5) is 15.7. The highest BCUT2D eigenvalue weighted by molar-refractivity contribution is 5.94. The molecule has 3 N–H and O–H groups in total. The van der Waals surface area contributed by atoms with Crippen LogP contribution in [0.1, 0.15) is 29.4 Å². The molecule has 0 atom stereocenters. The van der Waals surface area contributed by atoms with Crippen molar-refractivity contribution in [3.05, 3.63) is 29.6 Å². The molecule has 0 unspecified atom stereocenters. The molecule has 0 bridgehead atoms. The Kier molecular flexibility index (Phi) is 5.03. The molecule has 84 valence electrons. The number of amides is 1. The van der Waals surface area contributed by atoms with Crippen LogP contribution in [0.25, 0.3) is 0 Å². The molecule has 0 aliphatic rings. The predicted molar refractivity (Wildman–Crippen MR) is 62.5 cm³/mol. The zero-order valence-electron chi connectivity index (χ0n) is 9.29. The van der Waals surface area contributed by atoms with Crippen LogP contribution in [0.2, 0.25) is 0 Å². The van der Waals surface area contributed by atoms with Gasteiger partial charge in [-0.25, -0.2) is 0 Å². The Balaban J connectivity index is 2.54. The lowest BCUT2D eigenvalue weighted by Crippen LogP contribution is -2.24. The first kappa shape index (κ1) is 12.2. The molecule has 0 fully saturated rings. The highest BCUT2D eigenvalue weighted by atomic mass is 16.1. The summed E-state index contributed by atoms with van der Waals surface area (Å²) in [5, 5.41) is 2.78. The van der Waals surface area contributed by atoms with Gasteiger partial charge in [-0.15, -0.1) is 11.8 Å². The second-order valence-corrected chi connectivity index (χ2v) is 3.17. The van der Waals surface area contributed by atoms with Crippen molar-refractivity contribution in [1.82, 2.24) is 10.3 Å². The van der Waals surface area contributed by atoms with Crippen LogP contribution in [0.4, 0.5) is 0 Å². The Morgan fingerprint density at radius 3 is 3.12 bits per heavy atom. The van der Waals surface area contributed by atoms with E-state index in [4.69, 9.17) is 5.73 Å². The van der Waals surface area contributed by atoms with Crippen LogP contribution in [0.3, 0.4) is 0 Å². The van der Waals surface area contributed by atoms with E-state index in [1.165, 1.54) is 0 Å². The SMILES string of the molecule is CC#CCCNC(=O)c1ccnc(CN)c1. The molecule has 0 saturated heterocycles. The third kappa shape index (κ3) is 3.71. The summed E-state index contributed by atoms with van der Waals surface area (Å²) >= 11 is 0. The minimum atomic E-state index is -0.116. The predicted octanol–water partition coefficient (Wildman–Crippen LogP) is 0.684. The molecule has 1 rings (SSSR count). The third-order valence-electron chi connectivity index (χ3n) is 2.00. The summed E-state index contributed by atoms with van der Waals surface area (Å²) in [6.45, 7) is 2.67. The number of nitrogens with zero attached hydrogens (tertiary/aromatic N) is 1. The molecule has 0 radical (unpaired) electrons. The Bertz CT molecular complexity index is 418. The maximum atomic E-state index is 11.6. The van der Waals surface area contributed by atoms with Gasteiger partial charge in [0.05, 0.1) is 5.69 Å². The van der Waals surface area contributed by atoms with Gasteiger partial charge in [-0.05, 0) is 19.1 Å². The first-order valence-electron chi connectivity index (χ1n) is 5.10. The molecular weight excluding hydrogens is 202 g/mol. The topological polar surface area (TPSA) is 68.0 Å². The molecule has 4 nitrogen and oxygen atoms in total. The molecule has 0 spiro atoms. The molecule has 0 saturated carbocycles. The first-order valence-corrected chi connectivity index (χ1v) is 5.10. The fraction of sp³-hybridized carbons (Fsp3) is 0.333. The van der Waals surface area contributed by atoms with Gasteiger partial charge in [0.1, 0.15) is 0 Å². The van der Waals surface area contributed by atoms with Gasteiger partial charge in [-0.3, -0.25) is 9.78 Å². The zero-order chi connectivity index (χ0) is 11.8. The van der Waals surface area contributed by atoms with E-state index < -0.39 is 0 Å². The van der Waals surface area contributed by atoms with Crippen LogP contribution in [0.15, 0.2) is 18.3 Å². The smallest absolute Gasteiger partial charge is 0.251 e. The number of nitrogens with two attached hydrogens (primary N) is 1. The lowest BCUT2D eigenvalue weighted by atomic mass is 10.2. The summed E-state index contributed by atoms with van der Waals surface area (Å²) < 4.78 is 0. The number of rotatable bonds is 4. The molecule has 16 heavy (non-hydrogen) atoms. The van der Waals surface area contributed by atoms with Crippen LogP contribution in [-0.4, -0.2) is 17.4 Å². The minimum absolute atomic E-state index is 0.116.